The summed E-state index contributed by atoms with van der Waals surface area (Å²) in [7, 11) is 0. The maximum Gasteiger partial charge on any atom is 0.257 e. The summed E-state index contributed by atoms with van der Waals surface area (Å²) < 4.78 is 5.77. The van der Waals surface area contributed by atoms with Gasteiger partial charge in [-0.25, -0.2) is 0 Å². The highest BCUT2D eigenvalue weighted by Gasteiger charge is 2.23. The van der Waals surface area contributed by atoms with Gasteiger partial charge in [-0.15, -0.1) is 0 Å². The summed E-state index contributed by atoms with van der Waals surface area (Å²) in [5, 5.41) is 2.92. The van der Waals surface area contributed by atoms with E-state index in [4.69, 9.17) is 4.74 Å². The molecule has 1 aliphatic heterocycles. The lowest BCUT2D eigenvalue weighted by Crippen LogP contribution is -2.35. The molecule has 0 saturated heterocycles. The highest BCUT2D eigenvalue weighted by Crippen LogP contribution is 2.25. The molecular formula is C23H21N3O3. The summed E-state index contributed by atoms with van der Waals surface area (Å²) >= 11 is 0. The lowest BCUT2D eigenvalue weighted by atomic mass is 9.96. The second-order valence-electron chi connectivity index (χ2n) is 6.91. The Hall–Kier alpha value is -3.67. The van der Waals surface area contributed by atoms with Gasteiger partial charge in [-0.05, 0) is 53.9 Å². The fourth-order valence-corrected chi connectivity index (χ4v) is 3.39. The molecule has 0 spiro atoms. The minimum atomic E-state index is -0.206. The lowest BCUT2D eigenvalue weighted by molar-refractivity contribution is -0.129. The molecule has 29 heavy (non-hydrogen) atoms. The number of fused-ring (bicyclic) bond motifs is 1. The number of amides is 2. The van der Waals surface area contributed by atoms with Crippen molar-refractivity contribution in [1.82, 2.24) is 9.88 Å². The molecule has 1 aliphatic rings. The predicted octanol–water partition coefficient (Wildman–Crippen LogP) is 4.03. The van der Waals surface area contributed by atoms with E-state index in [-0.39, 0.29) is 11.8 Å². The molecule has 2 heterocycles. The number of anilines is 1. The predicted molar refractivity (Wildman–Crippen MR) is 110 cm³/mol. The fraction of sp³-hybridized carbons (Fsp3) is 0.174. The second-order valence-corrected chi connectivity index (χ2v) is 6.91. The van der Waals surface area contributed by atoms with Crippen molar-refractivity contribution in [1.29, 1.82) is 0 Å². The molecule has 0 saturated carbocycles. The monoisotopic (exact) mass is 387 g/mol. The smallest absolute Gasteiger partial charge is 0.257 e. The highest BCUT2D eigenvalue weighted by atomic mass is 16.5. The zero-order valence-corrected chi connectivity index (χ0v) is 16.1. The molecule has 0 aliphatic carbocycles. The van der Waals surface area contributed by atoms with Crippen molar-refractivity contribution in [2.45, 2.75) is 19.9 Å². The minimum Gasteiger partial charge on any atom is -0.457 e. The number of carbonyl (C=O) groups excluding carboxylic acids is 2. The number of pyridine rings is 1. The Morgan fingerprint density at radius 3 is 2.45 bits per heavy atom. The minimum absolute atomic E-state index is 0.0308. The van der Waals surface area contributed by atoms with Gasteiger partial charge in [0.15, 0.2) is 0 Å². The van der Waals surface area contributed by atoms with E-state index in [0.29, 0.717) is 36.5 Å². The van der Waals surface area contributed by atoms with E-state index in [9.17, 15) is 9.59 Å². The topological polar surface area (TPSA) is 71.5 Å². The van der Waals surface area contributed by atoms with Crippen LogP contribution in [0.3, 0.4) is 0 Å². The van der Waals surface area contributed by atoms with Gasteiger partial charge >= 0.3 is 0 Å². The van der Waals surface area contributed by atoms with Gasteiger partial charge in [0, 0.05) is 38.1 Å². The van der Waals surface area contributed by atoms with Crippen LogP contribution >= 0.6 is 0 Å². The summed E-state index contributed by atoms with van der Waals surface area (Å²) in [4.78, 5) is 30.4. The number of para-hydroxylation sites is 1. The van der Waals surface area contributed by atoms with Gasteiger partial charge in [0.05, 0.1) is 5.56 Å². The SMILES string of the molecule is CC(=O)N1CCc2c(cncc2C(=O)Nc2ccc(Oc3ccccc3)cc2)C1. The molecule has 6 nitrogen and oxygen atoms in total. The van der Waals surface area contributed by atoms with Gasteiger partial charge < -0.3 is 15.0 Å². The highest BCUT2D eigenvalue weighted by molar-refractivity contribution is 6.05. The Kier molecular flexibility index (Phi) is 5.24. The van der Waals surface area contributed by atoms with Gasteiger partial charge in [0.1, 0.15) is 11.5 Å². The van der Waals surface area contributed by atoms with Gasteiger partial charge in [0.2, 0.25) is 5.91 Å². The van der Waals surface area contributed by atoms with Crippen LogP contribution in [-0.4, -0.2) is 28.2 Å². The average molecular weight is 387 g/mol. The largest absolute Gasteiger partial charge is 0.457 e. The van der Waals surface area contributed by atoms with E-state index in [0.717, 1.165) is 16.9 Å². The number of ether oxygens (including phenoxy) is 1. The van der Waals surface area contributed by atoms with E-state index in [2.05, 4.69) is 10.3 Å². The van der Waals surface area contributed by atoms with Crippen molar-refractivity contribution in [2.75, 3.05) is 11.9 Å². The molecule has 146 valence electrons. The third kappa shape index (κ3) is 4.27. The lowest BCUT2D eigenvalue weighted by Gasteiger charge is -2.28. The molecule has 3 aromatic rings. The summed E-state index contributed by atoms with van der Waals surface area (Å²) in [5.74, 6) is 1.27. The number of benzene rings is 2. The maximum absolute atomic E-state index is 12.8. The molecule has 2 aromatic carbocycles. The molecule has 6 heteroatoms. The van der Waals surface area contributed by atoms with Crippen LogP contribution in [0.2, 0.25) is 0 Å². The van der Waals surface area contributed by atoms with Crippen molar-refractivity contribution in [3.8, 4) is 11.5 Å². The molecular weight excluding hydrogens is 366 g/mol. The third-order valence-electron chi connectivity index (χ3n) is 4.92. The zero-order valence-electron chi connectivity index (χ0n) is 16.1. The molecule has 0 fully saturated rings. The van der Waals surface area contributed by atoms with Crippen LogP contribution in [0, 0.1) is 0 Å². The standard InChI is InChI=1S/C23H21N3O3/c1-16(27)26-12-11-21-17(15-26)13-24-14-22(21)23(28)25-18-7-9-20(10-8-18)29-19-5-3-2-4-6-19/h2-10,13-14H,11-12,15H2,1H3,(H,25,28). The summed E-state index contributed by atoms with van der Waals surface area (Å²) in [6.45, 7) is 2.66. The average Bonchev–Trinajstić information content (AvgIpc) is 2.75. The van der Waals surface area contributed by atoms with Crippen molar-refractivity contribution >= 4 is 17.5 Å². The van der Waals surface area contributed by atoms with Crippen molar-refractivity contribution < 1.29 is 14.3 Å². The van der Waals surface area contributed by atoms with Crippen molar-refractivity contribution in [3.63, 3.8) is 0 Å². The first-order chi connectivity index (χ1) is 14.1. The van der Waals surface area contributed by atoms with Crippen LogP contribution in [-0.2, 0) is 17.8 Å². The van der Waals surface area contributed by atoms with Crippen molar-refractivity contribution in [2.24, 2.45) is 0 Å². The van der Waals surface area contributed by atoms with E-state index in [1.54, 1.807) is 36.4 Å². The van der Waals surface area contributed by atoms with Gasteiger partial charge in [-0.3, -0.25) is 14.6 Å². The summed E-state index contributed by atoms with van der Waals surface area (Å²) in [5.41, 5.74) is 3.11. The van der Waals surface area contributed by atoms with Crippen LogP contribution in [0.15, 0.2) is 67.0 Å². The molecule has 0 radical (unpaired) electrons. The van der Waals surface area contributed by atoms with Crippen LogP contribution < -0.4 is 10.1 Å². The molecule has 0 bridgehead atoms. The Balaban J connectivity index is 1.46. The molecule has 0 unspecified atom stereocenters. The number of nitrogens with zero attached hydrogens (tertiary/aromatic N) is 2. The number of hydrogen-bond donors (Lipinski definition) is 1. The Morgan fingerprint density at radius 2 is 1.72 bits per heavy atom. The van der Waals surface area contributed by atoms with Crippen LogP contribution in [0.4, 0.5) is 5.69 Å². The molecule has 1 aromatic heterocycles. The normalized spacial score (nSPS) is 12.8. The summed E-state index contributed by atoms with van der Waals surface area (Å²) in [6.07, 6.45) is 3.96. The van der Waals surface area contributed by atoms with E-state index < -0.39 is 0 Å². The van der Waals surface area contributed by atoms with Crippen molar-refractivity contribution in [3.05, 3.63) is 83.7 Å². The van der Waals surface area contributed by atoms with E-state index >= 15 is 0 Å². The van der Waals surface area contributed by atoms with Gasteiger partial charge in [-0.1, -0.05) is 18.2 Å². The Morgan fingerprint density at radius 1 is 1.00 bits per heavy atom. The third-order valence-corrected chi connectivity index (χ3v) is 4.92. The number of rotatable bonds is 4. The molecule has 4 rings (SSSR count). The van der Waals surface area contributed by atoms with Crippen LogP contribution in [0.5, 0.6) is 11.5 Å². The number of nitrogens with one attached hydrogen (secondary N) is 1. The van der Waals surface area contributed by atoms with Crippen LogP contribution in [0.25, 0.3) is 0 Å². The number of aromatic nitrogens is 1. The first kappa shape index (κ1) is 18.7. The summed E-state index contributed by atoms with van der Waals surface area (Å²) in [6, 6.07) is 16.7. The number of carbonyl (C=O) groups is 2. The van der Waals surface area contributed by atoms with E-state index in [1.807, 2.05) is 42.5 Å². The zero-order chi connectivity index (χ0) is 20.2. The first-order valence-corrected chi connectivity index (χ1v) is 9.46. The Labute approximate surface area is 169 Å². The molecule has 1 N–H and O–H groups in total. The van der Waals surface area contributed by atoms with Gasteiger partial charge in [-0.2, -0.15) is 0 Å². The van der Waals surface area contributed by atoms with E-state index in [1.165, 1.54) is 0 Å². The fourth-order valence-electron chi connectivity index (χ4n) is 3.39. The first-order valence-electron chi connectivity index (χ1n) is 9.46. The van der Waals surface area contributed by atoms with Gasteiger partial charge in [0.25, 0.3) is 5.91 Å². The quantitative estimate of drug-likeness (QED) is 0.734. The second kappa shape index (κ2) is 8.14. The molecule has 0 atom stereocenters. The van der Waals surface area contributed by atoms with Crippen LogP contribution in [0.1, 0.15) is 28.4 Å². The molecule has 2 amide bonds. The Bertz CT molecular complexity index is 1030. The number of hydrogen-bond acceptors (Lipinski definition) is 4. The maximum atomic E-state index is 12.8.